The molecular formula is C21H21Cl3N4O5S. The third kappa shape index (κ3) is 6.99. The van der Waals surface area contributed by atoms with Crippen LogP contribution in [-0.2, 0) is 4.79 Å². The van der Waals surface area contributed by atoms with Crippen LogP contribution in [0, 0.1) is 0 Å². The Bertz CT molecular complexity index is 1070. The Morgan fingerprint density at radius 3 is 2.44 bits per heavy atom. The first-order valence-electron chi connectivity index (χ1n) is 10.2. The average molecular weight is 548 g/mol. The maximum atomic E-state index is 13.2. The van der Waals surface area contributed by atoms with Crippen LogP contribution in [0.3, 0.4) is 0 Å². The highest BCUT2D eigenvalue weighted by atomic mass is 35.6. The second-order valence-corrected chi connectivity index (χ2v) is 10.9. The van der Waals surface area contributed by atoms with Crippen LogP contribution in [0.4, 0.5) is 14.6 Å². The lowest BCUT2D eigenvalue weighted by atomic mass is 10.1. The summed E-state index contributed by atoms with van der Waals surface area (Å²) in [6.45, 7) is 0.570. The Balaban J connectivity index is 1.83. The lowest BCUT2D eigenvalue weighted by molar-refractivity contribution is -0.119. The number of carbonyl (C=O) groups is 4. The first kappa shape index (κ1) is 26.1. The van der Waals surface area contributed by atoms with E-state index < -0.39 is 33.8 Å². The molecule has 9 nitrogen and oxygen atoms in total. The van der Waals surface area contributed by atoms with E-state index in [1.54, 1.807) is 6.07 Å². The highest BCUT2D eigenvalue weighted by molar-refractivity contribution is 7.20. The van der Waals surface area contributed by atoms with Gasteiger partial charge >= 0.3 is 12.1 Å². The van der Waals surface area contributed by atoms with E-state index in [2.05, 4.69) is 10.6 Å². The van der Waals surface area contributed by atoms with Crippen LogP contribution in [-0.4, -0.2) is 56.9 Å². The molecule has 1 aliphatic rings. The molecule has 34 heavy (non-hydrogen) atoms. The van der Waals surface area contributed by atoms with Crippen molar-refractivity contribution in [3.05, 3.63) is 42.0 Å². The molecule has 13 heteroatoms. The van der Waals surface area contributed by atoms with E-state index in [-0.39, 0.29) is 17.1 Å². The third-order valence-corrected chi connectivity index (χ3v) is 6.64. The van der Waals surface area contributed by atoms with Crippen molar-refractivity contribution in [2.75, 3.05) is 18.4 Å². The topological polar surface area (TPSA) is 128 Å². The Kier molecular flexibility index (Phi) is 8.64. The number of halogens is 3. The first-order valence-corrected chi connectivity index (χ1v) is 12.2. The number of amides is 5. The van der Waals surface area contributed by atoms with Gasteiger partial charge < -0.3 is 15.3 Å². The lowest BCUT2D eigenvalue weighted by Gasteiger charge is -2.22. The maximum Gasteiger partial charge on any atom is 0.407 e. The number of anilines is 1. The van der Waals surface area contributed by atoms with Gasteiger partial charge in [0.2, 0.25) is 0 Å². The molecule has 2 aromatic rings. The molecule has 1 saturated heterocycles. The number of carboxylic acid groups (broad SMARTS) is 1. The number of urea groups is 1. The van der Waals surface area contributed by atoms with E-state index in [4.69, 9.17) is 34.8 Å². The van der Waals surface area contributed by atoms with Gasteiger partial charge in [-0.1, -0.05) is 65.1 Å². The van der Waals surface area contributed by atoms with Crippen LogP contribution in [0.1, 0.15) is 29.6 Å². The maximum absolute atomic E-state index is 13.2. The van der Waals surface area contributed by atoms with Crippen LogP contribution in [0.5, 0.6) is 0 Å². The molecule has 1 aromatic heterocycles. The Labute approximate surface area is 214 Å². The van der Waals surface area contributed by atoms with Gasteiger partial charge in [0.05, 0.1) is 5.56 Å². The van der Waals surface area contributed by atoms with Crippen LogP contribution < -0.4 is 16.0 Å². The fraction of sp³-hybridized carbons (Fsp3) is 0.333. The minimum Gasteiger partial charge on any atom is -0.465 e. The number of likely N-dealkylation sites (tertiary alicyclic amines) is 1. The number of hydrogen-bond donors (Lipinski definition) is 4. The predicted octanol–water partition coefficient (Wildman–Crippen LogP) is 4.70. The van der Waals surface area contributed by atoms with Crippen molar-refractivity contribution in [3.8, 4) is 10.4 Å². The first-order chi connectivity index (χ1) is 16.0. The summed E-state index contributed by atoms with van der Waals surface area (Å²) in [5.41, 5.74) is 0.977. The van der Waals surface area contributed by atoms with Crippen molar-refractivity contribution >= 4 is 75.1 Å². The molecule has 1 fully saturated rings. The molecule has 4 N–H and O–H groups in total. The van der Waals surface area contributed by atoms with Crippen molar-refractivity contribution in [2.45, 2.75) is 29.1 Å². The summed E-state index contributed by atoms with van der Waals surface area (Å²) in [5.74, 6) is -1.63. The van der Waals surface area contributed by atoms with Gasteiger partial charge in [0, 0.05) is 24.0 Å². The molecule has 3 rings (SSSR count). The zero-order valence-electron chi connectivity index (χ0n) is 17.6. The molecule has 182 valence electrons. The van der Waals surface area contributed by atoms with Crippen molar-refractivity contribution in [1.82, 2.24) is 15.5 Å². The van der Waals surface area contributed by atoms with Gasteiger partial charge in [0.1, 0.15) is 5.00 Å². The van der Waals surface area contributed by atoms with Crippen molar-refractivity contribution in [1.29, 1.82) is 0 Å². The van der Waals surface area contributed by atoms with Crippen LogP contribution in [0.25, 0.3) is 10.4 Å². The zero-order valence-corrected chi connectivity index (χ0v) is 20.7. The minimum absolute atomic E-state index is 0.159. The number of nitrogens with zero attached hydrogens (tertiary/aromatic N) is 1. The van der Waals surface area contributed by atoms with Crippen LogP contribution in [0.2, 0.25) is 0 Å². The molecule has 0 aliphatic carbocycles. The molecule has 1 aliphatic heterocycles. The number of nitrogens with one attached hydrogen (secondary N) is 3. The summed E-state index contributed by atoms with van der Waals surface area (Å²) in [4.78, 5) is 50.7. The van der Waals surface area contributed by atoms with Crippen LogP contribution >= 0.6 is 46.1 Å². The van der Waals surface area contributed by atoms with Crippen molar-refractivity contribution in [2.24, 2.45) is 0 Å². The van der Waals surface area contributed by atoms with Gasteiger partial charge in [-0.25, -0.2) is 9.59 Å². The molecule has 0 radical (unpaired) electrons. The Morgan fingerprint density at radius 1 is 1.09 bits per heavy atom. The van der Waals surface area contributed by atoms with Gasteiger partial charge in [-0.2, -0.15) is 0 Å². The van der Waals surface area contributed by atoms with Crippen molar-refractivity contribution < 1.29 is 24.3 Å². The highest BCUT2D eigenvalue weighted by Gasteiger charge is 2.32. The minimum atomic E-state index is -2.34. The fourth-order valence-corrected chi connectivity index (χ4v) is 4.60. The number of benzene rings is 1. The molecular weight excluding hydrogens is 527 g/mol. The SMILES string of the molecule is O=C(NC(=O)C(Cl)(Cl)Cl)Nc1sc(-c2ccccc2)cc1C(=O)N[C@H]1CCCCN(C(=O)O)C1. The van der Waals surface area contributed by atoms with Gasteiger partial charge in [-0.15, -0.1) is 11.3 Å². The molecule has 0 bridgehead atoms. The van der Waals surface area contributed by atoms with Gasteiger partial charge in [-0.05, 0) is 30.9 Å². The average Bonchev–Trinajstić information content (AvgIpc) is 3.04. The third-order valence-electron chi connectivity index (χ3n) is 5.02. The summed E-state index contributed by atoms with van der Waals surface area (Å²) in [5, 5.41) is 16.8. The molecule has 0 spiro atoms. The summed E-state index contributed by atoms with van der Waals surface area (Å²) in [7, 11) is 0. The quantitative estimate of drug-likeness (QED) is 0.413. The molecule has 0 saturated carbocycles. The van der Waals surface area contributed by atoms with E-state index in [1.807, 2.05) is 35.6 Å². The molecule has 2 heterocycles. The second-order valence-electron chi connectivity index (χ2n) is 7.52. The normalized spacial score (nSPS) is 16.3. The molecule has 0 unspecified atom stereocenters. The van der Waals surface area contributed by atoms with E-state index >= 15 is 0 Å². The Morgan fingerprint density at radius 2 is 1.79 bits per heavy atom. The summed E-state index contributed by atoms with van der Waals surface area (Å²) < 4.78 is -2.34. The number of rotatable bonds is 4. The van der Waals surface area contributed by atoms with Gasteiger partial charge in [0.25, 0.3) is 15.6 Å². The van der Waals surface area contributed by atoms with E-state index in [9.17, 15) is 24.3 Å². The largest absolute Gasteiger partial charge is 0.465 e. The van der Waals surface area contributed by atoms with E-state index in [1.165, 1.54) is 4.90 Å². The van der Waals surface area contributed by atoms with Crippen LogP contribution in [0.15, 0.2) is 36.4 Å². The standard InChI is InChI=1S/C21H21Cl3N4O5S/c22-21(23,24)18(30)27-19(31)26-17-14(10-15(34-17)12-6-2-1-3-7-12)16(29)25-13-8-4-5-9-28(11-13)20(32)33/h1-3,6-7,10,13H,4-5,8-9,11H2,(H,25,29)(H,32,33)(H2,26,27,30,31)/t13-/m0/s1. The monoisotopic (exact) mass is 546 g/mol. The van der Waals surface area contributed by atoms with Gasteiger partial charge in [-0.3, -0.25) is 20.2 Å². The van der Waals surface area contributed by atoms with Crippen molar-refractivity contribution in [3.63, 3.8) is 0 Å². The number of hydrogen-bond acceptors (Lipinski definition) is 5. The van der Waals surface area contributed by atoms with Gasteiger partial charge in [0.15, 0.2) is 0 Å². The number of carbonyl (C=O) groups excluding carboxylic acids is 3. The number of alkyl halides is 3. The smallest absolute Gasteiger partial charge is 0.407 e. The lowest BCUT2D eigenvalue weighted by Crippen LogP contribution is -2.44. The molecule has 1 atom stereocenters. The van der Waals surface area contributed by atoms with E-state index in [0.717, 1.165) is 23.3 Å². The Hall–Kier alpha value is -2.53. The summed E-state index contributed by atoms with van der Waals surface area (Å²) in [6.07, 6.45) is 1.05. The highest BCUT2D eigenvalue weighted by Crippen LogP contribution is 2.36. The zero-order chi connectivity index (χ0) is 24.9. The predicted molar refractivity (Wildman–Crippen MR) is 132 cm³/mol. The number of imide groups is 1. The van der Waals surface area contributed by atoms with E-state index in [0.29, 0.717) is 24.3 Å². The summed E-state index contributed by atoms with van der Waals surface area (Å²) in [6, 6.07) is 9.46. The summed E-state index contributed by atoms with van der Waals surface area (Å²) >= 11 is 17.6. The fourth-order valence-electron chi connectivity index (χ4n) is 3.40. The second kappa shape index (κ2) is 11.3. The molecule has 5 amide bonds. The number of thiophene rings is 1. The molecule has 1 aromatic carbocycles.